The molecule has 138 valence electrons. The molecule has 1 N–H and O–H groups in total. The first-order valence-electron chi connectivity index (χ1n) is 10.3. The summed E-state index contributed by atoms with van der Waals surface area (Å²) in [4.78, 5) is 14.1. The van der Waals surface area contributed by atoms with Gasteiger partial charge in [0.2, 0.25) is 5.91 Å². The summed E-state index contributed by atoms with van der Waals surface area (Å²) >= 11 is 0. The van der Waals surface area contributed by atoms with Crippen LogP contribution in [0.1, 0.15) is 70.3 Å². The lowest BCUT2D eigenvalue weighted by Gasteiger charge is -2.47. The van der Waals surface area contributed by atoms with E-state index < -0.39 is 0 Å². The molecule has 1 saturated carbocycles. The van der Waals surface area contributed by atoms with Crippen LogP contribution in [-0.4, -0.2) is 30.4 Å². The monoisotopic (exact) mass is 342 g/mol. The first kappa shape index (κ1) is 18.4. The van der Waals surface area contributed by atoms with Gasteiger partial charge < -0.3 is 5.32 Å². The lowest BCUT2D eigenvalue weighted by Crippen LogP contribution is -2.47. The minimum absolute atomic E-state index is 0.181. The summed E-state index contributed by atoms with van der Waals surface area (Å²) in [6, 6.07) is 11.2. The summed E-state index contributed by atoms with van der Waals surface area (Å²) in [7, 11) is 0. The Morgan fingerprint density at radius 2 is 1.84 bits per heavy atom. The van der Waals surface area contributed by atoms with E-state index >= 15 is 0 Å². The highest BCUT2D eigenvalue weighted by Crippen LogP contribution is 2.46. The maximum absolute atomic E-state index is 11.3. The molecule has 3 heteroatoms. The standard InChI is InChI=1S/C22H34N2O/c1-2-21(25)23-16-8-9-19-12-14-22(15-13-19,24-17-6-7-18-24)20-10-4-3-5-11-20/h3-5,10-11,19H,2,6-9,12-18H2,1H3,(H,23,25). The van der Waals surface area contributed by atoms with Crippen molar-refractivity contribution in [3.8, 4) is 0 Å². The Labute approximate surface area is 153 Å². The van der Waals surface area contributed by atoms with Crippen molar-refractivity contribution in [2.75, 3.05) is 19.6 Å². The van der Waals surface area contributed by atoms with Crippen LogP contribution in [0.25, 0.3) is 0 Å². The van der Waals surface area contributed by atoms with E-state index in [2.05, 4.69) is 40.5 Å². The number of likely N-dealkylation sites (tertiary alicyclic amines) is 1. The molecule has 1 amide bonds. The molecular weight excluding hydrogens is 308 g/mol. The van der Waals surface area contributed by atoms with Crippen LogP contribution in [0.4, 0.5) is 0 Å². The van der Waals surface area contributed by atoms with Gasteiger partial charge in [-0.1, -0.05) is 37.3 Å². The highest BCUT2D eigenvalue weighted by molar-refractivity contribution is 5.75. The Balaban J connectivity index is 1.56. The summed E-state index contributed by atoms with van der Waals surface area (Å²) in [5.41, 5.74) is 1.82. The van der Waals surface area contributed by atoms with E-state index in [4.69, 9.17) is 0 Å². The smallest absolute Gasteiger partial charge is 0.219 e. The van der Waals surface area contributed by atoms with Gasteiger partial charge >= 0.3 is 0 Å². The molecule has 25 heavy (non-hydrogen) atoms. The van der Waals surface area contributed by atoms with Crippen LogP contribution in [0, 0.1) is 5.92 Å². The third-order valence-corrected chi connectivity index (χ3v) is 6.39. The van der Waals surface area contributed by atoms with Gasteiger partial charge in [0, 0.05) is 18.5 Å². The average molecular weight is 343 g/mol. The van der Waals surface area contributed by atoms with Crippen molar-refractivity contribution in [1.82, 2.24) is 10.2 Å². The van der Waals surface area contributed by atoms with Gasteiger partial charge in [0.25, 0.3) is 0 Å². The van der Waals surface area contributed by atoms with Crippen molar-refractivity contribution in [3.05, 3.63) is 35.9 Å². The number of rotatable bonds is 7. The first-order valence-corrected chi connectivity index (χ1v) is 10.3. The van der Waals surface area contributed by atoms with Gasteiger partial charge in [-0.05, 0) is 75.9 Å². The molecule has 3 rings (SSSR count). The Morgan fingerprint density at radius 1 is 1.16 bits per heavy atom. The zero-order valence-electron chi connectivity index (χ0n) is 15.8. The van der Waals surface area contributed by atoms with Gasteiger partial charge in [-0.15, -0.1) is 0 Å². The molecule has 0 unspecified atom stereocenters. The second-order valence-corrected chi connectivity index (χ2v) is 7.88. The molecule has 2 aliphatic rings. The van der Waals surface area contributed by atoms with Crippen LogP contribution < -0.4 is 5.32 Å². The summed E-state index contributed by atoms with van der Waals surface area (Å²) in [5.74, 6) is 1.01. The minimum Gasteiger partial charge on any atom is -0.356 e. The predicted octanol–water partition coefficient (Wildman–Crippen LogP) is 4.47. The Bertz CT molecular complexity index is 528. The van der Waals surface area contributed by atoms with Crippen molar-refractivity contribution in [1.29, 1.82) is 0 Å². The van der Waals surface area contributed by atoms with Crippen LogP contribution >= 0.6 is 0 Å². The molecule has 0 radical (unpaired) electrons. The molecule has 2 fully saturated rings. The Kier molecular flexibility index (Phi) is 6.52. The number of hydrogen-bond acceptors (Lipinski definition) is 2. The van der Waals surface area contributed by atoms with E-state index in [1.807, 2.05) is 6.92 Å². The molecule has 1 aliphatic heterocycles. The summed E-state index contributed by atoms with van der Waals surface area (Å²) in [6.45, 7) is 5.29. The predicted molar refractivity (Wildman–Crippen MR) is 103 cm³/mol. The summed E-state index contributed by atoms with van der Waals surface area (Å²) < 4.78 is 0. The summed E-state index contributed by atoms with van der Waals surface area (Å²) in [6.07, 6.45) is 10.9. The van der Waals surface area contributed by atoms with E-state index in [9.17, 15) is 4.79 Å². The van der Waals surface area contributed by atoms with Crippen LogP contribution in [-0.2, 0) is 10.3 Å². The zero-order chi connectivity index (χ0) is 17.5. The van der Waals surface area contributed by atoms with Crippen molar-refractivity contribution in [2.24, 2.45) is 5.92 Å². The molecule has 0 bridgehead atoms. The molecule has 0 aromatic heterocycles. The second kappa shape index (κ2) is 8.84. The topological polar surface area (TPSA) is 32.3 Å². The molecule has 1 saturated heterocycles. The maximum atomic E-state index is 11.3. The van der Waals surface area contributed by atoms with Gasteiger partial charge in [-0.2, -0.15) is 0 Å². The average Bonchev–Trinajstić information content (AvgIpc) is 3.21. The summed E-state index contributed by atoms with van der Waals surface area (Å²) in [5, 5.41) is 3.01. The quantitative estimate of drug-likeness (QED) is 0.741. The van der Waals surface area contributed by atoms with Crippen molar-refractivity contribution < 1.29 is 4.79 Å². The lowest BCUT2D eigenvalue weighted by atomic mass is 9.70. The van der Waals surface area contributed by atoms with Crippen molar-refractivity contribution in [3.63, 3.8) is 0 Å². The molecule has 1 aromatic carbocycles. The number of amides is 1. The zero-order valence-corrected chi connectivity index (χ0v) is 15.8. The van der Waals surface area contributed by atoms with Crippen molar-refractivity contribution in [2.45, 2.75) is 70.3 Å². The Hall–Kier alpha value is -1.35. The van der Waals surface area contributed by atoms with E-state index in [0.717, 1.165) is 18.9 Å². The third-order valence-electron chi connectivity index (χ3n) is 6.39. The number of nitrogens with one attached hydrogen (secondary N) is 1. The van der Waals surface area contributed by atoms with Gasteiger partial charge in [-0.25, -0.2) is 0 Å². The number of benzene rings is 1. The minimum atomic E-state index is 0.181. The fourth-order valence-corrected chi connectivity index (χ4v) is 4.87. The lowest BCUT2D eigenvalue weighted by molar-refractivity contribution is -0.120. The molecule has 3 nitrogen and oxygen atoms in total. The normalized spacial score (nSPS) is 27.3. The molecular formula is C22H34N2O. The molecule has 1 aromatic rings. The van der Waals surface area contributed by atoms with Gasteiger partial charge in [-0.3, -0.25) is 9.69 Å². The van der Waals surface area contributed by atoms with Gasteiger partial charge in [0.05, 0.1) is 0 Å². The van der Waals surface area contributed by atoms with Gasteiger partial charge in [0.1, 0.15) is 0 Å². The molecule has 0 spiro atoms. The molecule has 0 atom stereocenters. The van der Waals surface area contributed by atoms with E-state index in [0.29, 0.717) is 6.42 Å². The molecule has 1 aliphatic carbocycles. The number of nitrogens with zero attached hydrogens (tertiary/aromatic N) is 1. The molecule has 1 heterocycles. The second-order valence-electron chi connectivity index (χ2n) is 7.88. The SMILES string of the molecule is CCC(=O)NCCCC1CCC(c2ccccc2)(N2CCCC2)CC1. The first-order chi connectivity index (χ1) is 12.2. The van der Waals surface area contributed by atoms with Crippen LogP contribution in [0.5, 0.6) is 0 Å². The van der Waals surface area contributed by atoms with Crippen LogP contribution in [0.3, 0.4) is 0 Å². The third kappa shape index (κ3) is 4.44. The van der Waals surface area contributed by atoms with Crippen LogP contribution in [0.2, 0.25) is 0 Å². The fourth-order valence-electron chi connectivity index (χ4n) is 4.87. The van der Waals surface area contributed by atoms with E-state index in [1.54, 1.807) is 0 Å². The number of carbonyl (C=O) groups excluding carboxylic acids is 1. The van der Waals surface area contributed by atoms with Crippen LogP contribution in [0.15, 0.2) is 30.3 Å². The van der Waals surface area contributed by atoms with E-state index in [1.165, 1.54) is 63.6 Å². The Morgan fingerprint density at radius 3 is 2.48 bits per heavy atom. The highest BCUT2D eigenvalue weighted by atomic mass is 16.1. The fraction of sp³-hybridized carbons (Fsp3) is 0.682. The van der Waals surface area contributed by atoms with Gasteiger partial charge in [0.15, 0.2) is 0 Å². The maximum Gasteiger partial charge on any atom is 0.219 e. The number of hydrogen-bond donors (Lipinski definition) is 1. The highest BCUT2D eigenvalue weighted by Gasteiger charge is 2.42. The van der Waals surface area contributed by atoms with E-state index in [-0.39, 0.29) is 11.4 Å². The van der Waals surface area contributed by atoms with Crippen molar-refractivity contribution >= 4 is 5.91 Å². The largest absolute Gasteiger partial charge is 0.356 e. The number of carbonyl (C=O) groups is 1.